The van der Waals surface area contributed by atoms with Crippen LogP contribution in [0.25, 0.3) is 0 Å². The summed E-state index contributed by atoms with van der Waals surface area (Å²) >= 11 is 0. The molecular formula is C19H43N7O8. The van der Waals surface area contributed by atoms with E-state index < -0.39 is 42.0 Å². The first-order valence-electron chi connectivity index (χ1n) is 10.4. The summed E-state index contributed by atoms with van der Waals surface area (Å²) in [6.07, 6.45) is 1.79. The highest BCUT2D eigenvalue weighted by atomic mass is 16.4. The molecule has 0 aromatic rings. The van der Waals surface area contributed by atoms with Gasteiger partial charge in [0.25, 0.3) is 0 Å². The number of hydrogen-bond acceptors (Lipinski definition) is 9. The molecule has 0 aliphatic rings. The third-order valence-electron chi connectivity index (χ3n) is 4.04. The maximum absolute atomic E-state index is 10.2. The Balaban J connectivity index is -0.000000184. The zero-order valence-electron chi connectivity index (χ0n) is 20.2. The first-order chi connectivity index (χ1) is 15.5. The average molecular weight is 498 g/mol. The minimum Gasteiger partial charge on any atom is -0.480 e. The van der Waals surface area contributed by atoms with Crippen molar-refractivity contribution in [2.75, 3.05) is 13.1 Å². The van der Waals surface area contributed by atoms with Crippen molar-refractivity contribution >= 4 is 29.8 Å². The smallest absolute Gasteiger partial charge is 0.320 e. The second kappa shape index (κ2) is 23.2. The number of nitrogens with one attached hydrogen (secondary N) is 2. The Morgan fingerprint density at radius 3 is 1.47 bits per heavy atom. The van der Waals surface area contributed by atoms with E-state index in [0.717, 1.165) is 6.42 Å². The SMILES string of the molecule is CC(C)C(N)C(=O)O.CCC(C)C(N)C(=O)O.N=C(N)NCCCC(N)C(=O)O.NCC(=O)O. The second-order valence-electron chi connectivity index (χ2n) is 7.38. The molecule has 0 saturated heterocycles. The predicted octanol–water partition coefficient (Wildman–Crippen LogP) is -1.81. The second-order valence-corrected chi connectivity index (χ2v) is 7.38. The molecular weight excluding hydrogens is 454 g/mol. The van der Waals surface area contributed by atoms with E-state index in [2.05, 4.69) is 11.1 Å². The van der Waals surface area contributed by atoms with Gasteiger partial charge in [0, 0.05) is 6.54 Å². The highest BCUT2D eigenvalue weighted by Crippen LogP contribution is 2.04. The molecule has 15 heteroatoms. The zero-order valence-corrected chi connectivity index (χ0v) is 20.2. The van der Waals surface area contributed by atoms with E-state index in [1.165, 1.54) is 0 Å². The van der Waals surface area contributed by atoms with Crippen LogP contribution in [0.1, 0.15) is 47.0 Å². The van der Waals surface area contributed by atoms with Gasteiger partial charge in [-0.25, -0.2) is 0 Å². The molecule has 0 bridgehead atoms. The van der Waals surface area contributed by atoms with Gasteiger partial charge in [-0.15, -0.1) is 0 Å². The van der Waals surface area contributed by atoms with E-state index in [1.54, 1.807) is 13.8 Å². The van der Waals surface area contributed by atoms with Crippen molar-refractivity contribution < 1.29 is 39.6 Å². The van der Waals surface area contributed by atoms with Crippen molar-refractivity contribution in [2.24, 2.45) is 40.5 Å². The maximum atomic E-state index is 10.2. The van der Waals surface area contributed by atoms with Crippen LogP contribution in [-0.4, -0.2) is 81.5 Å². The predicted molar refractivity (Wildman–Crippen MR) is 127 cm³/mol. The first-order valence-corrected chi connectivity index (χ1v) is 10.4. The van der Waals surface area contributed by atoms with Crippen LogP contribution in [-0.2, 0) is 19.2 Å². The number of nitrogens with two attached hydrogens (primary N) is 5. The summed E-state index contributed by atoms with van der Waals surface area (Å²) in [5.41, 5.74) is 25.2. The number of rotatable bonds is 11. The molecule has 0 aliphatic heterocycles. The molecule has 0 heterocycles. The van der Waals surface area contributed by atoms with Gasteiger partial charge in [0.2, 0.25) is 0 Å². The summed E-state index contributed by atoms with van der Waals surface area (Å²) in [5, 5.41) is 41.9. The Bertz CT molecular complexity index is 605. The van der Waals surface area contributed by atoms with Crippen molar-refractivity contribution in [1.29, 1.82) is 5.41 Å². The molecule has 15 nitrogen and oxygen atoms in total. The Hall–Kier alpha value is -3.01. The molecule has 0 fully saturated rings. The van der Waals surface area contributed by atoms with Crippen LogP contribution in [0.4, 0.5) is 0 Å². The van der Waals surface area contributed by atoms with Gasteiger partial charge in [0.15, 0.2) is 5.96 Å². The molecule has 16 N–H and O–H groups in total. The molecule has 202 valence electrons. The number of carboxylic acid groups (broad SMARTS) is 4. The number of carboxylic acids is 4. The van der Waals surface area contributed by atoms with Crippen molar-refractivity contribution in [1.82, 2.24) is 5.32 Å². The van der Waals surface area contributed by atoms with Crippen LogP contribution in [0.3, 0.4) is 0 Å². The number of carbonyl (C=O) groups is 4. The highest BCUT2D eigenvalue weighted by Gasteiger charge is 2.17. The van der Waals surface area contributed by atoms with Gasteiger partial charge < -0.3 is 54.4 Å². The van der Waals surface area contributed by atoms with Gasteiger partial charge in [0.05, 0.1) is 6.54 Å². The van der Waals surface area contributed by atoms with E-state index in [1.807, 2.05) is 13.8 Å². The molecule has 4 unspecified atom stereocenters. The van der Waals surface area contributed by atoms with Gasteiger partial charge in [-0.1, -0.05) is 34.1 Å². The Morgan fingerprint density at radius 2 is 1.29 bits per heavy atom. The molecule has 0 aliphatic carbocycles. The molecule has 0 saturated carbocycles. The zero-order chi connectivity index (χ0) is 28.0. The quantitative estimate of drug-likeness (QED) is 0.0851. The topological polar surface area (TPSA) is 315 Å². The number of hydrogen-bond donors (Lipinski definition) is 11. The first kappa shape index (κ1) is 38.3. The van der Waals surface area contributed by atoms with Crippen molar-refractivity contribution in [2.45, 2.75) is 65.1 Å². The Kier molecular flexibility index (Phi) is 26.1. The van der Waals surface area contributed by atoms with Crippen molar-refractivity contribution in [3.8, 4) is 0 Å². The van der Waals surface area contributed by atoms with E-state index in [0.29, 0.717) is 19.4 Å². The van der Waals surface area contributed by atoms with Crippen molar-refractivity contribution in [3.63, 3.8) is 0 Å². The fourth-order valence-electron chi connectivity index (χ4n) is 1.45. The summed E-state index contributed by atoms with van der Waals surface area (Å²) in [6, 6.07) is -2.23. The molecule has 0 rings (SSSR count). The summed E-state index contributed by atoms with van der Waals surface area (Å²) < 4.78 is 0. The standard InChI is InChI=1S/C6H14N4O2.C6H13NO2.C5H11NO2.C2H5NO2/c7-4(5(11)12)2-1-3-10-6(8)9;1-3-4(2)5(7)6(8)9;1-3(2)4(6)5(7)8;3-1-2(4)5/h4H,1-3,7H2,(H,11,12)(H4,8,9,10);4-5H,3,7H2,1-2H3,(H,8,9);3-4H,6H2,1-2H3,(H,7,8);1,3H2,(H,4,5). The lowest BCUT2D eigenvalue weighted by Crippen LogP contribution is -2.36. The highest BCUT2D eigenvalue weighted by molar-refractivity contribution is 5.74. The van der Waals surface area contributed by atoms with Gasteiger partial charge in [-0.2, -0.15) is 0 Å². The maximum Gasteiger partial charge on any atom is 0.320 e. The summed E-state index contributed by atoms with van der Waals surface area (Å²) in [6.45, 7) is 7.51. The minimum absolute atomic E-state index is 0.0208. The monoisotopic (exact) mass is 497 g/mol. The van der Waals surface area contributed by atoms with E-state index in [-0.39, 0.29) is 24.3 Å². The van der Waals surface area contributed by atoms with E-state index in [4.69, 9.17) is 48.8 Å². The summed E-state index contributed by atoms with van der Waals surface area (Å²) in [5.74, 6) is -3.83. The molecule has 0 amide bonds. The van der Waals surface area contributed by atoms with E-state index >= 15 is 0 Å². The van der Waals surface area contributed by atoms with E-state index in [9.17, 15) is 19.2 Å². The lowest BCUT2D eigenvalue weighted by atomic mass is 10.0. The van der Waals surface area contributed by atoms with Gasteiger partial charge in [0.1, 0.15) is 18.1 Å². The van der Waals surface area contributed by atoms with Crippen LogP contribution in [0, 0.1) is 17.2 Å². The third-order valence-corrected chi connectivity index (χ3v) is 4.04. The lowest BCUT2D eigenvalue weighted by molar-refractivity contribution is -0.140. The van der Waals surface area contributed by atoms with Crippen LogP contribution < -0.4 is 34.0 Å². The third kappa shape index (κ3) is 29.0. The van der Waals surface area contributed by atoms with Gasteiger partial charge in [-0.05, 0) is 24.7 Å². The number of aliphatic carboxylic acids is 4. The molecule has 0 aromatic carbocycles. The van der Waals surface area contributed by atoms with Crippen molar-refractivity contribution in [3.05, 3.63) is 0 Å². The fraction of sp³-hybridized carbons (Fsp3) is 0.737. The molecule has 34 heavy (non-hydrogen) atoms. The normalized spacial score (nSPS) is 13.1. The van der Waals surface area contributed by atoms with Crippen LogP contribution in [0.2, 0.25) is 0 Å². The Morgan fingerprint density at radius 1 is 0.882 bits per heavy atom. The number of guanidine groups is 1. The Labute approximate surface area is 199 Å². The largest absolute Gasteiger partial charge is 0.480 e. The minimum atomic E-state index is -1.00. The molecule has 0 aromatic heterocycles. The van der Waals surface area contributed by atoms with Crippen LogP contribution in [0.15, 0.2) is 0 Å². The average Bonchev–Trinajstić information content (AvgIpc) is 2.75. The van der Waals surface area contributed by atoms with Gasteiger partial charge in [-0.3, -0.25) is 24.6 Å². The summed E-state index contributed by atoms with van der Waals surface area (Å²) in [4.78, 5) is 39.6. The van der Waals surface area contributed by atoms with Crippen LogP contribution in [0.5, 0.6) is 0 Å². The van der Waals surface area contributed by atoms with Crippen LogP contribution >= 0.6 is 0 Å². The fourth-order valence-corrected chi connectivity index (χ4v) is 1.45. The summed E-state index contributed by atoms with van der Waals surface area (Å²) in [7, 11) is 0. The molecule has 0 radical (unpaired) electrons. The lowest BCUT2D eigenvalue weighted by Gasteiger charge is -2.11. The molecule has 4 atom stereocenters. The molecule has 0 spiro atoms. The van der Waals surface area contributed by atoms with Gasteiger partial charge >= 0.3 is 23.9 Å².